The Morgan fingerprint density at radius 1 is 1.50 bits per heavy atom. The van der Waals surface area contributed by atoms with Gasteiger partial charge in [-0.25, -0.2) is 0 Å². The zero-order valence-corrected chi connectivity index (χ0v) is 11.9. The van der Waals surface area contributed by atoms with Crippen LogP contribution in [0.15, 0.2) is 18.3 Å². The van der Waals surface area contributed by atoms with E-state index in [1.807, 2.05) is 6.07 Å². The smallest absolute Gasteiger partial charge is 0.459 e. The van der Waals surface area contributed by atoms with Gasteiger partial charge in [-0.2, -0.15) is 27.4 Å². The normalized spacial score (nSPS) is 11.5. The summed E-state index contributed by atoms with van der Waals surface area (Å²) >= 11 is 0. The van der Waals surface area contributed by atoms with Crippen molar-refractivity contribution >= 4 is 11.4 Å². The van der Waals surface area contributed by atoms with E-state index < -0.39 is 17.7 Å². The highest BCUT2D eigenvalue weighted by Crippen LogP contribution is 2.28. The second-order valence-electron chi connectivity index (χ2n) is 4.63. The second-order valence-corrected chi connectivity index (χ2v) is 4.63. The standard InChI is InChI=1S/C14H13F3N3O2/c1-9-5-3-7-19-10(11(21)14(15,16)17)13(22-2)20(12(9)19)8-4-6-18/h3,5,7H,4,8H2,1-2H3/q+1. The molecule has 0 unspecified atom stereocenters. The summed E-state index contributed by atoms with van der Waals surface area (Å²) in [6.07, 6.45) is -3.57. The zero-order valence-electron chi connectivity index (χ0n) is 11.9. The Hall–Kier alpha value is -2.56. The third-order valence-electron chi connectivity index (χ3n) is 3.22. The number of halogens is 3. The second kappa shape index (κ2) is 5.67. The lowest BCUT2D eigenvalue weighted by Crippen LogP contribution is -2.35. The molecule has 116 valence electrons. The Bertz CT molecular complexity index is 772. The molecular weight excluding hydrogens is 299 g/mol. The van der Waals surface area contributed by atoms with Gasteiger partial charge < -0.3 is 4.74 Å². The number of carbonyl (C=O) groups is 1. The molecule has 0 fully saturated rings. The van der Waals surface area contributed by atoms with Gasteiger partial charge in [-0.05, 0) is 19.1 Å². The molecule has 0 N–H and O–H groups in total. The molecular formula is C14H13F3N3O2+. The van der Waals surface area contributed by atoms with Gasteiger partial charge in [0.2, 0.25) is 0 Å². The summed E-state index contributed by atoms with van der Waals surface area (Å²) in [6.45, 7) is 1.83. The lowest BCUT2D eigenvalue weighted by atomic mass is 10.2. The van der Waals surface area contributed by atoms with Crippen LogP contribution in [0, 0.1) is 18.3 Å². The Morgan fingerprint density at radius 2 is 2.18 bits per heavy atom. The van der Waals surface area contributed by atoms with Crippen molar-refractivity contribution < 1.29 is 27.3 Å². The minimum absolute atomic E-state index is 0.0781. The molecule has 0 aliphatic heterocycles. The molecule has 22 heavy (non-hydrogen) atoms. The molecule has 2 aromatic heterocycles. The number of ether oxygens (including phenoxy) is 1. The van der Waals surface area contributed by atoms with Crippen LogP contribution in [0.4, 0.5) is 13.2 Å². The number of pyridine rings is 1. The van der Waals surface area contributed by atoms with Gasteiger partial charge in [0, 0.05) is 5.56 Å². The van der Waals surface area contributed by atoms with Gasteiger partial charge >= 0.3 is 17.8 Å². The number of aromatic nitrogens is 2. The molecule has 8 heteroatoms. The zero-order chi connectivity index (χ0) is 16.5. The topological polar surface area (TPSA) is 58.4 Å². The van der Waals surface area contributed by atoms with Crippen LogP contribution in [-0.2, 0) is 6.54 Å². The van der Waals surface area contributed by atoms with Gasteiger partial charge in [0.05, 0.1) is 25.8 Å². The van der Waals surface area contributed by atoms with Crippen molar-refractivity contribution in [3.05, 3.63) is 29.6 Å². The van der Waals surface area contributed by atoms with Crippen molar-refractivity contribution in [2.45, 2.75) is 26.1 Å². The predicted octanol–water partition coefficient (Wildman–Crippen LogP) is 2.20. The van der Waals surface area contributed by atoms with E-state index in [9.17, 15) is 18.0 Å². The number of fused-ring (bicyclic) bond motifs is 1. The van der Waals surface area contributed by atoms with Crippen LogP contribution in [0.2, 0.25) is 0 Å². The maximum Gasteiger partial charge on any atom is 0.459 e. The molecule has 0 atom stereocenters. The number of carbonyl (C=O) groups excluding carboxylic acids is 1. The van der Waals surface area contributed by atoms with Crippen molar-refractivity contribution in [1.82, 2.24) is 4.40 Å². The van der Waals surface area contributed by atoms with E-state index in [0.717, 1.165) is 4.40 Å². The van der Waals surface area contributed by atoms with Gasteiger partial charge in [-0.1, -0.05) is 0 Å². The number of methoxy groups -OCH3 is 1. The number of aryl methyl sites for hydroxylation is 2. The summed E-state index contributed by atoms with van der Waals surface area (Å²) in [5.41, 5.74) is 0.466. The number of nitrogens with zero attached hydrogens (tertiary/aromatic N) is 3. The number of ketones is 1. The first kappa shape index (κ1) is 15.8. The van der Waals surface area contributed by atoms with E-state index in [1.54, 1.807) is 19.1 Å². The molecule has 2 rings (SSSR count). The summed E-state index contributed by atoms with van der Waals surface area (Å²) < 4.78 is 46.2. The monoisotopic (exact) mass is 312 g/mol. The van der Waals surface area contributed by atoms with Crippen LogP contribution < -0.4 is 9.30 Å². The van der Waals surface area contributed by atoms with Crippen LogP contribution in [0.1, 0.15) is 22.5 Å². The third-order valence-corrected chi connectivity index (χ3v) is 3.22. The van der Waals surface area contributed by atoms with Crippen LogP contribution in [0.5, 0.6) is 5.88 Å². The van der Waals surface area contributed by atoms with E-state index in [2.05, 4.69) is 0 Å². The molecule has 0 amide bonds. The Morgan fingerprint density at radius 3 is 2.73 bits per heavy atom. The summed E-state index contributed by atoms with van der Waals surface area (Å²) in [7, 11) is 1.19. The Kier molecular flexibility index (Phi) is 4.08. The number of nitriles is 1. The van der Waals surface area contributed by atoms with E-state index in [1.165, 1.54) is 17.9 Å². The van der Waals surface area contributed by atoms with Gasteiger partial charge in [0.15, 0.2) is 0 Å². The molecule has 0 bridgehead atoms. The molecule has 0 radical (unpaired) electrons. The fraction of sp³-hybridized carbons (Fsp3) is 0.357. The lowest BCUT2D eigenvalue weighted by Gasteiger charge is -2.03. The fourth-order valence-electron chi connectivity index (χ4n) is 2.38. The quantitative estimate of drug-likeness (QED) is 0.642. The van der Waals surface area contributed by atoms with Crippen LogP contribution >= 0.6 is 0 Å². The molecule has 0 aliphatic rings. The molecule has 5 nitrogen and oxygen atoms in total. The fourth-order valence-corrected chi connectivity index (χ4v) is 2.38. The highest BCUT2D eigenvalue weighted by atomic mass is 19.4. The third kappa shape index (κ3) is 2.50. The Labute approximate surface area is 124 Å². The summed E-state index contributed by atoms with van der Waals surface area (Å²) in [6, 6.07) is 5.18. The van der Waals surface area contributed by atoms with E-state index in [0.29, 0.717) is 11.2 Å². The van der Waals surface area contributed by atoms with Crippen molar-refractivity contribution in [3.63, 3.8) is 0 Å². The molecule has 0 aliphatic carbocycles. The lowest BCUT2D eigenvalue weighted by molar-refractivity contribution is -0.675. The van der Waals surface area contributed by atoms with Crippen molar-refractivity contribution in [2.24, 2.45) is 0 Å². The number of Topliss-reactive ketones (excluding diaryl/α,β-unsaturated/α-hetero) is 1. The minimum atomic E-state index is -5.02. The Balaban J connectivity index is 2.84. The first-order valence-corrected chi connectivity index (χ1v) is 6.38. The summed E-state index contributed by atoms with van der Waals surface area (Å²) in [4.78, 5) is 11.8. The molecule has 0 spiro atoms. The van der Waals surface area contributed by atoms with Gasteiger partial charge in [0.25, 0.3) is 11.3 Å². The average Bonchev–Trinajstić information content (AvgIpc) is 2.77. The molecule has 0 saturated carbocycles. The number of hydrogen-bond donors (Lipinski definition) is 0. The summed E-state index contributed by atoms with van der Waals surface area (Å²) in [5.74, 6) is -2.19. The highest BCUT2D eigenvalue weighted by molar-refractivity contribution is 6.01. The van der Waals surface area contributed by atoms with E-state index in [-0.39, 0.29) is 18.8 Å². The van der Waals surface area contributed by atoms with E-state index >= 15 is 0 Å². The highest BCUT2D eigenvalue weighted by Gasteiger charge is 2.47. The molecule has 2 heterocycles. The van der Waals surface area contributed by atoms with Crippen molar-refractivity contribution in [3.8, 4) is 11.9 Å². The van der Waals surface area contributed by atoms with Crippen LogP contribution in [-0.4, -0.2) is 23.5 Å². The molecule has 2 aromatic rings. The minimum Gasteiger partial charge on any atom is -0.462 e. The van der Waals surface area contributed by atoms with Crippen molar-refractivity contribution in [1.29, 1.82) is 5.26 Å². The maximum absolute atomic E-state index is 12.9. The van der Waals surface area contributed by atoms with Crippen molar-refractivity contribution in [2.75, 3.05) is 7.11 Å². The van der Waals surface area contributed by atoms with Gasteiger partial charge in [-0.15, -0.1) is 0 Å². The van der Waals surface area contributed by atoms with Gasteiger partial charge in [0.1, 0.15) is 6.54 Å². The first-order valence-electron chi connectivity index (χ1n) is 6.38. The SMILES string of the molecule is COc1c(C(=O)C(F)(F)F)n2cccc(C)c2[n+]1CCC#N. The first-order chi connectivity index (χ1) is 10.3. The predicted molar refractivity (Wildman–Crippen MR) is 69.5 cm³/mol. The number of alkyl halides is 3. The number of imidazole rings is 1. The van der Waals surface area contributed by atoms with Crippen LogP contribution in [0.25, 0.3) is 5.65 Å². The maximum atomic E-state index is 12.9. The van der Waals surface area contributed by atoms with Gasteiger partial charge in [-0.3, -0.25) is 4.79 Å². The number of rotatable bonds is 4. The summed E-state index contributed by atoms with van der Waals surface area (Å²) in [5, 5.41) is 8.72. The average molecular weight is 312 g/mol. The molecule has 0 saturated heterocycles. The molecule has 0 aromatic carbocycles. The number of hydrogen-bond acceptors (Lipinski definition) is 3. The van der Waals surface area contributed by atoms with Crippen LogP contribution in [0.3, 0.4) is 0 Å². The van der Waals surface area contributed by atoms with E-state index in [4.69, 9.17) is 10.00 Å². The largest absolute Gasteiger partial charge is 0.462 e.